The summed E-state index contributed by atoms with van der Waals surface area (Å²) in [6.07, 6.45) is 4.48. The molecular weight excluding hydrogens is 295 g/mol. The zero-order valence-electron chi connectivity index (χ0n) is 13.6. The number of nitrogens with zero attached hydrogens (tertiary/aromatic N) is 2. The highest BCUT2D eigenvalue weighted by molar-refractivity contribution is 5.95. The first-order chi connectivity index (χ1) is 11.1. The van der Waals surface area contributed by atoms with E-state index >= 15 is 0 Å². The maximum absolute atomic E-state index is 13.0. The number of carbonyl (C=O) groups is 1. The fourth-order valence-corrected chi connectivity index (χ4v) is 2.44. The minimum atomic E-state index is -0.307. The smallest absolute Gasteiger partial charge is 0.255 e. The highest BCUT2D eigenvalue weighted by atomic mass is 19.1. The zero-order chi connectivity index (χ0) is 16.8. The molecule has 1 heterocycles. The summed E-state index contributed by atoms with van der Waals surface area (Å²) >= 11 is 0. The van der Waals surface area contributed by atoms with Crippen LogP contribution in [0.25, 0.3) is 5.69 Å². The van der Waals surface area contributed by atoms with E-state index in [0.717, 1.165) is 19.3 Å². The number of nitrogens with two attached hydrogens (primary N) is 1. The van der Waals surface area contributed by atoms with Crippen molar-refractivity contribution < 1.29 is 9.18 Å². The predicted octanol–water partition coefficient (Wildman–Crippen LogP) is 2.57. The summed E-state index contributed by atoms with van der Waals surface area (Å²) in [5.74, 6) is -0.486. The Kier molecular flexibility index (Phi) is 5.87. The van der Waals surface area contributed by atoms with Crippen molar-refractivity contribution in [3.05, 3.63) is 47.5 Å². The van der Waals surface area contributed by atoms with Gasteiger partial charge in [0.2, 0.25) is 0 Å². The summed E-state index contributed by atoms with van der Waals surface area (Å²) in [6, 6.07) is 5.95. The molecule has 124 valence electrons. The van der Waals surface area contributed by atoms with Crippen LogP contribution in [-0.2, 0) is 0 Å². The molecule has 1 atom stereocenters. The molecular formula is C17H23FN4O. The summed E-state index contributed by atoms with van der Waals surface area (Å²) in [4.78, 5) is 12.4. The third-order valence-corrected chi connectivity index (χ3v) is 3.85. The van der Waals surface area contributed by atoms with Crippen LogP contribution >= 0.6 is 0 Å². The van der Waals surface area contributed by atoms with Gasteiger partial charge < -0.3 is 11.1 Å². The first kappa shape index (κ1) is 17.1. The summed E-state index contributed by atoms with van der Waals surface area (Å²) in [6.45, 7) is 4.33. The van der Waals surface area contributed by atoms with Crippen LogP contribution < -0.4 is 11.1 Å². The van der Waals surface area contributed by atoms with Gasteiger partial charge in [-0.15, -0.1) is 0 Å². The van der Waals surface area contributed by atoms with Gasteiger partial charge in [-0.2, -0.15) is 5.10 Å². The van der Waals surface area contributed by atoms with E-state index in [-0.39, 0.29) is 17.8 Å². The van der Waals surface area contributed by atoms with Crippen LogP contribution in [0.5, 0.6) is 0 Å². The predicted molar refractivity (Wildman–Crippen MR) is 88.1 cm³/mol. The molecule has 5 nitrogen and oxygen atoms in total. The van der Waals surface area contributed by atoms with E-state index in [2.05, 4.69) is 17.3 Å². The fourth-order valence-electron chi connectivity index (χ4n) is 2.44. The summed E-state index contributed by atoms with van der Waals surface area (Å²) in [5, 5.41) is 7.19. The number of unbranched alkanes of at least 4 members (excludes halogenated alkanes) is 1. The second-order valence-corrected chi connectivity index (χ2v) is 5.58. The molecule has 3 N–H and O–H groups in total. The number of nitrogens with one attached hydrogen (secondary N) is 1. The van der Waals surface area contributed by atoms with Crippen molar-refractivity contribution in [1.29, 1.82) is 0 Å². The van der Waals surface area contributed by atoms with Gasteiger partial charge in [-0.25, -0.2) is 9.07 Å². The molecule has 0 bridgehead atoms. The average molecular weight is 318 g/mol. The highest BCUT2D eigenvalue weighted by Gasteiger charge is 2.18. The normalized spacial score (nSPS) is 12.2. The van der Waals surface area contributed by atoms with Crippen molar-refractivity contribution in [2.24, 2.45) is 5.73 Å². The number of aromatic nitrogens is 2. The second kappa shape index (κ2) is 7.87. The Morgan fingerprint density at radius 3 is 2.70 bits per heavy atom. The topological polar surface area (TPSA) is 72.9 Å². The van der Waals surface area contributed by atoms with E-state index in [1.165, 1.54) is 18.3 Å². The van der Waals surface area contributed by atoms with E-state index in [4.69, 9.17) is 5.73 Å². The van der Waals surface area contributed by atoms with Gasteiger partial charge in [0.05, 0.1) is 23.1 Å². The number of carbonyl (C=O) groups excluding carboxylic acids is 1. The van der Waals surface area contributed by atoms with Crippen LogP contribution in [0.15, 0.2) is 30.5 Å². The maximum atomic E-state index is 13.0. The van der Waals surface area contributed by atoms with Crippen LogP contribution in [0.3, 0.4) is 0 Å². The summed E-state index contributed by atoms with van der Waals surface area (Å²) in [7, 11) is 0. The van der Waals surface area contributed by atoms with Gasteiger partial charge in [0.1, 0.15) is 5.82 Å². The van der Waals surface area contributed by atoms with E-state index in [9.17, 15) is 9.18 Å². The van der Waals surface area contributed by atoms with Crippen molar-refractivity contribution in [1.82, 2.24) is 15.1 Å². The fraction of sp³-hybridized carbons (Fsp3) is 0.412. The Morgan fingerprint density at radius 2 is 2.09 bits per heavy atom. The molecule has 1 aromatic carbocycles. The molecule has 0 radical (unpaired) electrons. The number of halogens is 1. The molecule has 0 saturated heterocycles. The molecule has 1 aromatic heterocycles. The van der Waals surface area contributed by atoms with Crippen LogP contribution in [0.4, 0.5) is 4.39 Å². The van der Waals surface area contributed by atoms with Crippen molar-refractivity contribution in [3.8, 4) is 5.69 Å². The molecule has 0 spiro atoms. The van der Waals surface area contributed by atoms with Crippen LogP contribution in [0.1, 0.15) is 42.2 Å². The zero-order valence-corrected chi connectivity index (χ0v) is 13.6. The highest BCUT2D eigenvalue weighted by Crippen LogP contribution is 2.15. The molecule has 0 saturated carbocycles. The van der Waals surface area contributed by atoms with Gasteiger partial charge in [-0.3, -0.25) is 4.79 Å². The summed E-state index contributed by atoms with van der Waals surface area (Å²) in [5.41, 5.74) is 7.64. The van der Waals surface area contributed by atoms with Crippen molar-refractivity contribution in [2.45, 2.75) is 39.2 Å². The second-order valence-electron chi connectivity index (χ2n) is 5.58. The average Bonchev–Trinajstić information content (AvgIpc) is 2.93. The van der Waals surface area contributed by atoms with Crippen molar-refractivity contribution >= 4 is 5.91 Å². The van der Waals surface area contributed by atoms with E-state index in [1.807, 2.05) is 6.92 Å². The van der Waals surface area contributed by atoms with Gasteiger partial charge in [0.15, 0.2) is 0 Å². The number of benzene rings is 1. The quantitative estimate of drug-likeness (QED) is 0.824. The largest absolute Gasteiger partial charge is 0.348 e. The molecule has 23 heavy (non-hydrogen) atoms. The van der Waals surface area contributed by atoms with E-state index < -0.39 is 0 Å². The summed E-state index contributed by atoms with van der Waals surface area (Å²) < 4.78 is 14.6. The minimum Gasteiger partial charge on any atom is -0.348 e. The molecule has 1 amide bonds. The standard InChI is InChI=1S/C17H23FN4O/c1-3-4-5-14(10-19)21-17(23)16-11-20-22(12(16)2)15-8-6-13(18)7-9-15/h6-9,11,14H,3-5,10,19H2,1-2H3,(H,21,23). The van der Waals surface area contributed by atoms with Gasteiger partial charge in [-0.1, -0.05) is 19.8 Å². The first-order valence-electron chi connectivity index (χ1n) is 7.88. The van der Waals surface area contributed by atoms with E-state index in [0.29, 0.717) is 23.5 Å². The Balaban J connectivity index is 2.14. The SMILES string of the molecule is CCCCC(CN)NC(=O)c1cnn(-c2ccc(F)cc2)c1C. The van der Waals surface area contributed by atoms with Gasteiger partial charge in [-0.05, 0) is 37.6 Å². The van der Waals surface area contributed by atoms with Crippen LogP contribution in [0.2, 0.25) is 0 Å². The Labute approximate surface area is 135 Å². The molecule has 0 aliphatic heterocycles. The maximum Gasteiger partial charge on any atom is 0.255 e. The van der Waals surface area contributed by atoms with Crippen LogP contribution in [-0.4, -0.2) is 28.3 Å². The number of hydrogen-bond acceptors (Lipinski definition) is 3. The monoisotopic (exact) mass is 318 g/mol. The number of rotatable bonds is 7. The number of hydrogen-bond donors (Lipinski definition) is 2. The molecule has 0 fully saturated rings. The molecule has 0 aliphatic carbocycles. The Hall–Kier alpha value is -2.21. The molecule has 1 unspecified atom stereocenters. The lowest BCUT2D eigenvalue weighted by atomic mass is 10.1. The van der Waals surface area contributed by atoms with Gasteiger partial charge >= 0.3 is 0 Å². The van der Waals surface area contributed by atoms with E-state index in [1.54, 1.807) is 16.8 Å². The van der Waals surface area contributed by atoms with Gasteiger partial charge in [0, 0.05) is 12.6 Å². The molecule has 2 rings (SSSR count). The Morgan fingerprint density at radius 1 is 1.39 bits per heavy atom. The molecule has 0 aliphatic rings. The van der Waals surface area contributed by atoms with Crippen molar-refractivity contribution in [3.63, 3.8) is 0 Å². The minimum absolute atomic E-state index is 0.0315. The number of amides is 1. The first-order valence-corrected chi connectivity index (χ1v) is 7.88. The third-order valence-electron chi connectivity index (χ3n) is 3.85. The lowest BCUT2D eigenvalue weighted by Gasteiger charge is -2.16. The molecule has 2 aromatic rings. The lowest BCUT2D eigenvalue weighted by molar-refractivity contribution is 0.0935. The third kappa shape index (κ3) is 4.16. The van der Waals surface area contributed by atoms with Crippen LogP contribution in [0, 0.1) is 12.7 Å². The molecule has 6 heteroatoms. The van der Waals surface area contributed by atoms with Gasteiger partial charge in [0.25, 0.3) is 5.91 Å². The van der Waals surface area contributed by atoms with Crippen molar-refractivity contribution in [2.75, 3.05) is 6.54 Å². The lowest BCUT2D eigenvalue weighted by Crippen LogP contribution is -2.40. The Bertz CT molecular complexity index is 651.